The van der Waals surface area contributed by atoms with Gasteiger partial charge in [0.05, 0.1) is 23.8 Å². The molecule has 2 atom stereocenters. The van der Waals surface area contributed by atoms with Gasteiger partial charge in [0.15, 0.2) is 0 Å². The molecule has 0 amide bonds. The Kier molecular flexibility index (Phi) is 5.32. The first-order valence-electron chi connectivity index (χ1n) is 8.99. The molecule has 2 aliphatic rings. The van der Waals surface area contributed by atoms with E-state index in [0.717, 1.165) is 25.8 Å². The van der Waals surface area contributed by atoms with Crippen molar-refractivity contribution in [2.75, 3.05) is 32.9 Å². The van der Waals surface area contributed by atoms with Gasteiger partial charge < -0.3 is 4.57 Å². The smallest absolute Gasteiger partial charge is 0.213 e. The number of sulfonamides is 1. The van der Waals surface area contributed by atoms with E-state index in [4.69, 9.17) is 0 Å². The van der Waals surface area contributed by atoms with Gasteiger partial charge in [-0.05, 0) is 44.7 Å². The maximum absolute atomic E-state index is 12.6. The minimum absolute atomic E-state index is 0.229. The lowest BCUT2D eigenvalue weighted by Crippen LogP contribution is -2.43. The molecule has 0 bridgehead atoms. The molecular weight excluding hydrogens is 324 g/mol. The Morgan fingerprint density at radius 2 is 2.04 bits per heavy atom. The molecule has 2 heterocycles. The number of piperidine rings is 1. The van der Waals surface area contributed by atoms with E-state index in [-0.39, 0.29) is 6.04 Å². The molecule has 0 spiro atoms. The van der Waals surface area contributed by atoms with Crippen molar-refractivity contribution < 1.29 is 8.42 Å². The fraction of sp³-hybridized carbons (Fsp3) is 0.824. The van der Waals surface area contributed by atoms with E-state index >= 15 is 0 Å². The van der Waals surface area contributed by atoms with Crippen molar-refractivity contribution >= 4 is 10.0 Å². The van der Waals surface area contributed by atoms with Crippen LogP contribution < -0.4 is 0 Å². The predicted molar refractivity (Wildman–Crippen MR) is 95.1 cm³/mol. The first-order chi connectivity index (χ1) is 11.4. The van der Waals surface area contributed by atoms with Crippen LogP contribution in [0.5, 0.6) is 0 Å². The Balaban J connectivity index is 1.70. The second-order valence-corrected chi connectivity index (χ2v) is 9.78. The normalized spacial score (nSPS) is 26.2. The molecule has 1 aliphatic heterocycles. The van der Waals surface area contributed by atoms with Gasteiger partial charge in [-0.25, -0.2) is 17.7 Å². The van der Waals surface area contributed by atoms with Crippen molar-refractivity contribution in [3.63, 3.8) is 0 Å². The minimum atomic E-state index is -3.14. The molecule has 1 aliphatic carbocycles. The predicted octanol–water partition coefficient (Wildman–Crippen LogP) is 1.86. The third-order valence-electron chi connectivity index (χ3n) is 5.61. The Hall–Kier alpha value is -0.920. The van der Waals surface area contributed by atoms with Crippen LogP contribution >= 0.6 is 0 Å². The molecule has 0 unspecified atom stereocenters. The topological polar surface area (TPSA) is 58.4 Å². The summed E-state index contributed by atoms with van der Waals surface area (Å²) < 4.78 is 28.8. The van der Waals surface area contributed by atoms with Gasteiger partial charge in [0, 0.05) is 26.8 Å². The van der Waals surface area contributed by atoms with Gasteiger partial charge in [0.1, 0.15) is 0 Å². The van der Waals surface area contributed by atoms with Crippen molar-refractivity contribution in [3.8, 4) is 0 Å². The van der Waals surface area contributed by atoms with Crippen LogP contribution in [0.2, 0.25) is 0 Å². The molecule has 136 valence electrons. The number of likely N-dealkylation sites (tertiary alicyclic amines) is 1. The van der Waals surface area contributed by atoms with E-state index in [0.29, 0.717) is 24.1 Å². The van der Waals surface area contributed by atoms with Crippen molar-refractivity contribution in [2.24, 2.45) is 18.9 Å². The number of nitrogens with zero attached hydrogens (tertiary/aromatic N) is 4. The minimum Gasteiger partial charge on any atom is -0.336 e. The molecule has 3 rings (SSSR count). The van der Waals surface area contributed by atoms with Gasteiger partial charge in [0.2, 0.25) is 10.0 Å². The molecule has 0 aromatic carbocycles. The van der Waals surface area contributed by atoms with Crippen LogP contribution in [-0.4, -0.2) is 60.1 Å². The van der Waals surface area contributed by atoms with E-state index in [1.165, 1.54) is 18.5 Å². The lowest BCUT2D eigenvalue weighted by Gasteiger charge is -2.40. The van der Waals surface area contributed by atoms with Crippen molar-refractivity contribution in [3.05, 3.63) is 18.2 Å². The lowest BCUT2D eigenvalue weighted by atomic mass is 9.87. The van der Waals surface area contributed by atoms with Crippen LogP contribution in [0.15, 0.2) is 12.5 Å². The Morgan fingerprint density at radius 3 is 2.67 bits per heavy atom. The summed E-state index contributed by atoms with van der Waals surface area (Å²) in [5.41, 5.74) is 1.17. The second-order valence-electron chi connectivity index (χ2n) is 7.59. The zero-order chi connectivity index (χ0) is 17.3. The van der Waals surface area contributed by atoms with E-state index in [1.54, 1.807) is 11.4 Å². The first-order valence-corrected chi connectivity index (χ1v) is 10.6. The Labute approximate surface area is 145 Å². The van der Waals surface area contributed by atoms with Crippen LogP contribution in [0.3, 0.4) is 0 Å². The highest BCUT2D eigenvalue weighted by molar-refractivity contribution is 7.89. The number of hydrogen-bond donors (Lipinski definition) is 0. The number of aromatic nitrogens is 2. The molecule has 1 aromatic heterocycles. The molecule has 0 radical (unpaired) electrons. The van der Waals surface area contributed by atoms with Crippen LogP contribution in [0.25, 0.3) is 0 Å². The van der Waals surface area contributed by atoms with Crippen molar-refractivity contribution in [1.29, 1.82) is 0 Å². The summed E-state index contributed by atoms with van der Waals surface area (Å²) in [5.74, 6) is 1.25. The van der Waals surface area contributed by atoms with E-state index in [9.17, 15) is 8.42 Å². The summed E-state index contributed by atoms with van der Waals surface area (Å²) in [5, 5.41) is 0. The van der Waals surface area contributed by atoms with Crippen molar-refractivity contribution in [1.82, 2.24) is 18.8 Å². The number of aryl methyl sites for hydroxylation is 1. The number of rotatable bonds is 7. The van der Waals surface area contributed by atoms with E-state index in [2.05, 4.69) is 21.5 Å². The molecule has 6 nitrogen and oxygen atoms in total. The average Bonchev–Trinajstić information content (AvgIpc) is 3.27. The summed E-state index contributed by atoms with van der Waals surface area (Å²) in [6.45, 7) is 1.64. The molecule has 1 aromatic rings. The molecule has 1 saturated heterocycles. The van der Waals surface area contributed by atoms with Gasteiger partial charge in [-0.2, -0.15) is 0 Å². The Bertz CT molecular complexity index is 653. The molecule has 2 fully saturated rings. The van der Waals surface area contributed by atoms with Crippen LogP contribution in [0.1, 0.15) is 43.8 Å². The van der Waals surface area contributed by atoms with Crippen LogP contribution in [-0.2, 0) is 17.1 Å². The maximum atomic E-state index is 12.6. The zero-order valence-corrected chi connectivity index (χ0v) is 15.9. The summed E-state index contributed by atoms with van der Waals surface area (Å²) in [6, 6.07) is 0.229. The lowest BCUT2D eigenvalue weighted by molar-refractivity contribution is 0.104. The average molecular weight is 355 g/mol. The van der Waals surface area contributed by atoms with Crippen molar-refractivity contribution in [2.45, 2.75) is 38.1 Å². The monoisotopic (exact) mass is 354 g/mol. The molecular formula is C17H30N4O2S. The van der Waals surface area contributed by atoms with E-state index in [1.807, 2.05) is 19.6 Å². The van der Waals surface area contributed by atoms with Gasteiger partial charge in [-0.1, -0.05) is 12.8 Å². The van der Waals surface area contributed by atoms with Gasteiger partial charge in [-0.3, -0.25) is 4.90 Å². The summed E-state index contributed by atoms with van der Waals surface area (Å²) in [7, 11) is 2.75. The summed E-state index contributed by atoms with van der Waals surface area (Å²) in [6.07, 6.45) is 9.15. The number of hydrogen-bond acceptors (Lipinski definition) is 4. The van der Waals surface area contributed by atoms with Gasteiger partial charge >= 0.3 is 0 Å². The van der Waals surface area contributed by atoms with Gasteiger partial charge in [0.25, 0.3) is 0 Å². The fourth-order valence-electron chi connectivity index (χ4n) is 3.89. The summed E-state index contributed by atoms with van der Waals surface area (Å²) >= 11 is 0. The standard InChI is InChI=1S/C17H30N4O2S/c1-19-9-4-5-15(17(19)16-11-18-13-20(16)2)12-21(3)24(22,23)10-8-14-6-7-14/h11,13-15,17H,4-10,12H2,1-3H3/t15-,17+/m0/s1. The van der Waals surface area contributed by atoms with E-state index < -0.39 is 10.0 Å². The van der Waals surface area contributed by atoms with Crippen LogP contribution in [0, 0.1) is 11.8 Å². The molecule has 24 heavy (non-hydrogen) atoms. The second kappa shape index (κ2) is 7.14. The van der Waals surface area contributed by atoms with Crippen LogP contribution in [0.4, 0.5) is 0 Å². The number of imidazole rings is 1. The van der Waals surface area contributed by atoms with Gasteiger partial charge in [-0.15, -0.1) is 0 Å². The quantitative estimate of drug-likeness (QED) is 0.750. The highest BCUT2D eigenvalue weighted by Gasteiger charge is 2.35. The maximum Gasteiger partial charge on any atom is 0.213 e. The Morgan fingerprint density at radius 1 is 1.29 bits per heavy atom. The third kappa shape index (κ3) is 4.00. The molecule has 7 heteroatoms. The molecule has 1 saturated carbocycles. The molecule has 0 N–H and O–H groups in total. The highest BCUT2D eigenvalue weighted by atomic mass is 32.2. The highest BCUT2D eigenvalue weighted by Crippen LogP contribution is 2.36. The zero-order valence-electron chi connectivity index (χ0n) is 15.1. The summed E-state index contributed by atoms with van der Waals surface area (Å²) in [4.78, 5) is 6.60. The largest absolute Gasteiger partial charge is 0.336 e. The SMILES string of the molecule is CN1CCC[C@@H](CN(C)S(=O)(=O)CCC2CC2)[C@@H]1c1cncn1C. The third-order valence-corrected chi connectivity index (χ3v) is 7.46. The first kappa shape index (κ1) is 17.9. The fourth-order valence-corrected chi connectivity index (χ4v) is 5.25.